The quantitative estimate of drug-likeness (QED) is 0.848. The lowest BCUT2D eigenvalue weighted by atomic mass is 9.99. The number of piperidine rings is 1. The highest BCUT2D eigenvalue weighted by Crippen LogP contribution is 2.25. The van der Waals surface area contributed by atoms with Crippen LogP contribution in [0.5, 0.6) is 5.75 Å². The largest absolute Gasteiger partial charge is 0.497 e. The molecule has 27 heavy (non-hydrogen) atoms. The first-order valence-corrected chi connectivity index (χ1v) is 10.2. The minimum absolute atomic E-state index is 0.159. The molecule has 1 amide bonds. The maximum absolute atomic E-state index is 12.9. The summed E-state index contributed by atoms with van der Waals surface area (Å²) >= 11 is 0. The van der Waals surface area contributed by atoms with Gasteiger partial charge in [0, 0.05) is 19.3 Å². The third-order valence-electron chi connectivity index (χ3n) is 4.62. The number of nitrogens with one attached hydrogen (secondary N) is 1. The van der Waals surface area contributed by atoms with E-state index in [-0.39, 0.29) is 17.3 Å². The van der Waals surface area contributed by atoms with Crippen molar-refractivity contribution in [1.29, 1.82) is 0 Å². The number of rotatable bonds is 5. The van der Waals surface area contributed by atoms with E-state index in [1.165, 1.54) is 23.5 Å². The van der Waals surface area contributed by atoms with Crippen LogP contribution in [-0.4, -0.2) is 43.8 Å². The maximum Gasteiger partial charge on any atom is 0.243 e. The van der Waals surface area contributed by atoms with Crippen molar-refractivity contribution in [3.63, 3.8) is 0 Å². The molecule has 0 spiro atoms. The fraction of sp³-hybridized carbons (Fsp3) is 0.368. The first-order valence-electron chi connectivity index (χ1n) is 8.78. The second kappa shape index (κ2) is 8.06. The van der Waals surface area contributed by atoms with E-state index < -0.39 is 15.9 Å². The summed E-state index contributed by atoms with van der Waals surface area (Å²) in [4.78, 5) is 16.9. The van der Waals surface area contributed by atoms with E-state index in [2.05, 4.69) is 10.3 Å². The molecule has 1 aromatic carbocycles. The van der Waals surface area contributed by atoms with Gasteiger partial charge >= 0.3 is 0 Å². The van der Waals surface area contributed by atoms with Gasteiger partial charge in [-0.3, -0.25) is 4.79 Å². The molecule has 1 aliphatic heterocycles. The minimum atomic E-state index is -3.65. The van der Waals surface area contributed by atoms with Crippen molar-refractivity contribution in [1.82, 2.24) is 9.29 Å². The normalized spacial score (nSPS) is 18.1. The van der Waals surface area contributed by atoms with Gasteiger partial charge in [0.05, 0.1) is 17.9 Å². The van der Waals surface area contributed by atoms with E-state index in [0.717, 1.165) is 5.56 Å². The van der Waals surface area contributed by atoms with Gasteiger partial charge in [0.1, 0.15) is 11.6 Å². The number of amides is 1. The number of pyridine rings is 1. The van der Waals surface area contributed by atoms with Crippen molar-refractivity contribution in [3.8, 4) is 5.75 Å². The number of carbonyl (C=O) groups excluding carboxylic acids is 1. The summed E-state index contributed by atoms with van der Waals surface area (Å²) in [7, 11) is -2.12. The monoisotopic (exact) mass is 389 g/mol. The molecule has 1 aliphatic rings. The highest BCUT2D eigenvalue weighted by Gasteiger charge is 2.33. The molecule has 1 saturated heterocycles. The fourth-order valence-electron chi connectivity index (χ4n) is 3.10. The van der Waals surface area contributed by atoms with E-state index in [9.17, 15) is 13.2 Å². The van der Waals surface area contributed by atoms with Crippen molar-refractivity contribution in [2.45, 2.75) is 24.7 Å². The average Bonchev–Trinajstić information content (AvgIpc) is 2.68. The number of hydrogen-bond acceptors (Lipinski definition) is 5. The molecular weight excluding hydrogens is 366 g/mol. The first kappa shape index (κ1) is 19.3. The van der Waals surface area contributed by atoms with Gasteiger partial charge in [-0.2, -0.15) is 4.31 Å². The van der Waals surface area contributed by atoms with Crippen LogP contribution in [0.2, 0.25) is 0 Å². The van der Waals surface area contributed by atoms with Crippen LogP contribution in [0.15, 0.2) is 47.5 Å². The lowest BCUT2D eigenvalue weighted by molar-refractivity contribution is -0.120. The van der Waals surface area contributed by atoms with Gasteiger partial charge in [-0.1, -0.05) is 0 Å². The predicted molar refractivity (Wildman–Crippen MR) is 102 cm³/mol. The minimum Gasteiger partial charge on any atom is -0.497 e. The Hall–Kier alpha value is -2.45. The Morgan fingerprint density at radius 2 is 2.00 bits per heavy atom. The molecular formula is C19H23N3O4S. The fourth-order valence-corrected chi connectivity index (χ4v) is 4.63. The summed E-state index contributed by atoms with van der Waals surface area (Å²) in [6.45, 7) is 2.48. The van der Waals surface area contributed by atoms with Gasteiger partial charge in [-0.05, 0) is 61.7 Å². The standard InChI is InChI=1S/C19H23N3O4S/c1-14-9-10-20-18(12-14)21-19(23)15-4-3-11-22(13-15)27(24,25)17-7-5-16(26-2)6-8-17/h5-10,12,15H,3-4,11,13H2,1-2H3,(H,20,21,23)/t15-/m1/s1. The summed E-state index contributed by atoms with van der Waals surface area (Å²) < 4.78 is 32.3. The molecule has 0 bridgehead atoms. The lowest BCUT2D eigenvalue weighted by Gasteiger charge is -2.31. The highest BCUT2D eigenvalue weighted by atomic mass is 32.2. The number of carbonyl (C=O) groups is 1. The third kappa shape index (κ3) is 4.45. The number of aryl methyl sites for hydroxylation is 1. The molecule has 1 aromatic heterocycles. The van der Waals surface area contributed by atoms with Crippen LogP contribution in [0.1, 0.15) is 18.4 Å². The van der Waals surface area contributed by atoms with Crippen LogP contribution in [0.4, 0.5) is 5.82 Å². The van der Waals surface area contributed by atoms with E-state index in [1.807, 2.05) is 13.0 Å². The molecule has 1 N–H and O–H groups in total. The summed E-state index contributed by atoms with van der Waals surface area (Å²) in [5.41, 5.74) is 0.993. The Labute approximate surface area is 159 Å². The maximum atomic E-state index is 12.9. The topological polar surface area (TPSA) is 88.6 Å². The number of anilines is 1. The first-order chi connectivity index (χ1) is 12.9. The summed E-state index contributed by atoms with van der Waals surface area (Å²) in [5.74, 6) is 0.461. The van der Waals surface area contributed by atoms with Crippen molar-refractivity contribution in [2.24, 2.45) is 5.92 Å². The molecule has 0 unspecified atom stereocenters. The number of ether oxygens (including phenoxy) is 1. The van der Waals surface area contributed by atoms with Crippen molar-refractivity contribution >= 4 is 21.7 Å². The van der Waals surface area contributed by atoms with Gasteiger partial charge in [0.15, 0.2) is 0 Å². The number of sulfonamides is 1. The molecule has 1 fully saturated rings. The number of methoxy groups -OCH3 is 1. The van der Waals surface area contributed by atoms with Crippen molar-refractivity contribution < 1.29 is 17.9 Å². The number of nitrogens with zero attached hydrogens (tertiary/aromatic N) is 2. The molecule has 3 rings (SSSR count). The van der Waals surface area contributed by atoms with Crippen molar-refractivity contribution in [3.05, 3.63) is 48.2 Å². The zero-order valence-corrected chi connectivity index (χ0v) is 16.2. The summed E-state index contributed by atoms with van der Waals surface area (Å²) in [6, 6.07) is 9.91. The third-order valence-corrected chi connectivity index (χ3v) is 6.50. The zero-order chi connectivity index (χ0) is 19.4. The molecule has 7 nitrogen and oxygen atoms in total. The SMILES string of the molecule is COc1ccc(S(=O)(=O)N2CCC[C@@H](C(=O)Nc3cc(C)ccn3)C2)cc1. The van der Waals surface area contributed by atoms with E-state index in [4.69, 9.17) is 4.74 Å². The summed E-state index contributed by atoms with van der Waals surface area (Å²) in [6.07, 6.45) is 2.91. The molecule has 0 aliphatic carbocycles. The average molecular weight is 389 g/mol. The van der Waals surface area contributed by atoms with Crippen LogP contribution >= 0.6 is 0 Å². The summed E-state index contributed by atoms with van der Waals surface area (Å²) in [5, 5.41) is 2.79. The van der Waals surface area contributed by atoms with Crippen LogP contribution in [0, 0.1) is 12.8 Å². The lowest BCUT2D eigenvalue weighted by Crippen LogP contribution is -2.43. The van der Waals surface area contributed by atoms with Crippen LogP contribution in [0.3, 0.4) is 0 Å². The Kier molecular flexibility index (Phi) is 5.76. The molecule has 0 saturated carbocycles. The Morgan fingerprint density at radius 3 is 2.67 bits per heavy atom. The van der Waals surface area contributed by atoms with Crippen molar-refractivity contribution in [2.75, 3.05) is 25.5 Å². The van der Waals surface area contributed by atoms with Gasteiger partial charge in [-0.15, -0.1) is 0 Å². The second-order valence-electron chi connectivity index (χ2n) is 6.59. The zero-order valence-electron chi connectivity index (χ0n) is 15.4. The number of benzene rings is 1. The smallest absolute Gasteiger partial charge is 0.243 e. The molecule has 8 heteroatoms. The van der Waals surface area contributed by atoms with Crippen LogP contribution in [-0.2, 0) is 14.8 Å². The Morgan fingerprint density at radius 1 is 1.26 bits per heavy atom. The van der Waals surface area contributed by atoms with E-state index >= 15 is 0 Å². The van der Waals surface area contributed by atoms with E-state index in [1.54, 1.807) is 24.4 Å². The Bertz CT molecular complexity index is 913. The molecule has 0 radical (unpaired) electrons. The molecule has 144 valence electrons. The predicted octanol–water partition coefficient (Wildman–Crippen LogP) is 2.44. The van der Waals surface area contributed by atoms with Gasteiger partial charge in [0.2, 0.25) is 15.9 Å². The second-order valence-corrected chi connectivity index (χ2v) is 8.52. The van der Waals surface area contributed by atoms with Crippen LogP contribution < -0.4 is 10.1 Å². The van der Waals surface area contributed by atoms with Gasteiger partial charge in [-0.25, -0.2) is 13.4 Å². The number of aromatic nitrogens is 1. The van der Waals surface area contributed by atoms with Gasteiger partial charge < -0.3 is 10.1 Å². The van der Waals surface area contributed by atoms with Crippen LogP contribution in [0.25, 0.3) is 0 Å². The van der Waals surface area contributed by atoms with E-state index in [0.29, 0.717) is 31.0 Å². The molecule has 1 atom stereocenters. The molecule has 2 heterocycles. The Balaban J connectivity index is 1.71. The van der Waals surface area contributed by atoms with Gasteiger partial charge in [0.25, 0.3) is 0 Å². The highest BCUT2D eigenvalue weighted by molar-refractivity contribution is 7.89. The molecule has 2 aromatic rings. The number of hydrogen-bond donors (Lipinski definition) is 1.